The number of carbonyl (C=O) groups is 2. The number of carboxylic acid groups (broad SMARTS) is 1. The molecule has 9 heteroatoms. The third-order valence-electron chi connectivity index (χ3n) is 9.59. The molecule has 0 aromatic heterocycles. The van der Waals surface area contributed by atoms with Crippen molar-refractivity contribution in [2.75, 3.05) is 13.6 Å². The van der Waals surface area contributed by atoms with E-state index in [1.807, 2.05) is 111 Å². The van der Waals surface area contributed by atoms with E-state index in [-0.39, 0.29) is 49.5 Å². The molecular formula is C41H48N2O7. The first-order valence-electron chi connectivity index (χ1n) is 17.2. The molecule has 1 aliphatic rings. The fourth-order valence-electron chi connectivity index (χ4n) is 6.36. The number of aliphatic carboxylic acids is 1. The van der Waals surface area contributed by atoms with Crippen LogP contribution in [0.1, 0.15) is 79.4 Å². The second kappa shape index (κ2) is 17.5. The van der Waals surface area contributed by atoms with Crippen LogP contribution in [0.5, 0.6) is 0 Å². The van der Waals surface area contributed by atoms with Gasteiger partial charge in [0, 0.05) is 43.5 Å². The van der Waals surface area contributed by atoms with E-state index in [1.54, 1.807) is 0 Å². The highest BCUT2D eigenvalue weighted by Crippen LogP contribution is 2.42. The molecule has 9 nitrogen and oxygen atoms in total. The summed E-state index contributed by atoms with van der Waals surface area (Å²) in [6.45, 7) is 5.03. The van der Waals surface area contributed by atoms with Gasteiger partial charge in [-0.15, -0.1) is 0 Å². The highest BCUT2D eigenvalue weighted by atomic mass is 16.7. The summed E-state index contributed by atoms with van der Waals surface area (Å²) in [6, 6.07) is 33.4. The molecule has 1 saturated heterocycles. The fourth-order valence-corrected chi connectivity index (χ4v) is 6.36. The summed E-state index contributed by atoms with van der Waals surface area (Å²) in [7, 11) is 2.01. The van der Waals surface area contributed by atoms with E-state index in [0.717, 1.165) is 38.9 Å². The maximum Gasteiger partial charge on any atom is 0.303 e. The first-order chi connectivity index (χ1) is 24.1. The minimum Gasteiger partial charge on any atom is -0.481 e. The molecule has 5 rings (SSSR count). The van der Waals surface area contributed by atoms with Crippen molar-refractivity contribution < 1.29 is 34.4 Å². The molecule has 6 atom stereocenters. The number of nitrogens with zero attached hydrogens (tertiary/aromatic N) is 1. The summed E-state index contributed by atoms with van der Waals surface area (Å²) >= 11 is 0. The molecule has 0 spiro atoms. The zero-order valence-electron chi connectivity index (χ0n) is 28.9. The number of hydrogen-bond donors (Lipinski definition) is 4. The van der Waals surface area contributed by atoms with Crippen molar-refractivity contribution in [3.63, 3.8) is 0 Å². The second-order valence-corrected chi connectivity index (χ2v) is 13.2. The van der Waals surface area contributed by atoms with Crippen LogP contribution in [-0.2, 0) is 32.2 Å². The van der Waals surface area contributed by atoms with Gasteiger partial charge in [0.1, 0.15) is 0 Å². The number of amides is 1. The highest BCUT2D eigenvalue weighted by Gasteiger charge is 2.39. The van der Waals surface area contributed by atoms with Crippen LogP contribution >= 0.6 is 0 Å². The van der Waals surface area contributed by atoms with E-state index < -0.39 is 18.4 Å². The molecule has 0 unspecified atom stereocenters. The van der Waals surface area contributed by atoms with E-state index >= 15 is 0 Å². The lowest BCUT2D eigenvalue weighted by atomic mass is 9.89. The smallest absolute Gasteiger partial charge is 0.303 e. The average Bonchev–Trinajstić information content (AvgIpc) is 3.14. The number of benzene rings is 4. The number of carbonyl (C=O) groups excluding carboxylic acids is 1. The predicted octanol–water partition coefficient (Wildman–Crippen LogP) is 6.56. The van der Waals surface area contributed by atoms with Gasteiger partial charge in [0.2, 0.25) is 5.91 Å². The normalized spacial score (nSPS) is 20.3. The first-order valence-corrected chi connectivity index (χ1v) is 17.2. The second-order valence-electron chi connectivity index (χ2n) is 13.2. The van der Waals surface area contributed by atoms with E-state index in [9.17, 15) is 19.8 Å². The van der Waals surface area contributed by atoms with Crippen molar-refractivity contribution in [3.05, 3.63) is 131 Å². The number of hydrogen-bond acceptors (Lipinski definition) is 7. The minimum absolute atomic E-state index is 0.0195. The Balaban J connectivity index is 1.35. The van der Waals surface area contributed by atoms with Gasteiger partial charge in [-0.25, -0.2) is 0 Å². The van der Waals surface area contributed by atoms with Crippen molar-refractivity contribution >= 4 is 11.9 Å². The largest absolute Gasteiger partial charge is 0.481 e. The summed E-state index contributed by atoms with van der Waals surface area (Å²) in [4.78, 5) is 25.1. The monoisotopic (exact) mass is 680 g/mol. The first kappa shape index (κ1) is 36.9. The molecule has 264 valence electrons. The SMILES string of the molecule is C[C@H]1[C@@H](CN(C)[C@H](C)[C@@H](O)c2ccccc2)O[C@@H](c2cccc(-c3cccc(CNC(=O)CCCC(=O)O)c3)c2)O[C@H]1c1ccc(CO)cc1. The van der Waals surface area contributed by atoms with Gasteiger partial charge in [0.05, 0.1) is 24.9 Å². The van der Waals surface area contributed by atoms with Crippen molar-refractivity contribution in [2.24, 2.45) is 5.92 Å². The fraction of sp³-hybridized carbons (Fsp3) is 0.366. The lowest BCUT2D eigenvalue weighted by Gasteiger charge is -2.43. The number of likely N-dealkylation sites (N-methyl/N-ethyl adjacent to an activating group) is 1. The number of aliphatic hydroxyl groups excluding tert-OH is 2. The van der Waals surface area contributed by atoms with Gasteiger partial charge in [-0.2, -0.15) is 0 Å². The van der Waals surface area contributed by atoms with E-state index in [0.29, 0.717) is 19.5 Å². The number of aliphatic hydroxyl groups is 2. The van der Waals surface area contributed by atoms with E-state index in [4.69, 9.17) is 14.6 Å². The minimum atomic E-state index is -0.908. The number of carboxylic acids is 1. The Morgan fingerprint density at radius 1 is 0.840 bits per heavy atom. The van der Waals surface area contributed by atoms with Crippen LogP contribution in [0.3, 0.4) is 0 Å². The lowest BCUT2D eigenvalue weighted by molar-refractivity contribution is -0.276. The summed E-state index contributed by atoms with van der Waals surface area (Å²) < 4.78 is 13.5. The van der Waals surface area contributed by atoms with Crippen LogP contribution in [0.4, 0.5) is 0 Å². The maximum atomic E-state index is 12.2. The Kier molecular flexibility index (Phi) is 12.9. The summed E-state index contributed by atoms with van der Waals surface area (Å²) in [6.07, 6.45) is -1.38. The molecule has 1 aliphatic heterocycles. The highest BCUT2D eigenvalue weighted by molar-refractivity contribution is 5.76. The average molecular weight is 681 g/mol. The number of ether oxygens (including phenoxy) is 2. The van der Waals surface area contributed by atoms with Gasteiger partial charge in [-0.1, -0.05) is 97.9 Å². The zero-order valence-corrected chi connectivity index (χ0v) is 28.9. The molecule has 1 amide bonds. The van der Waals surface area contributed by atoms with Crippen LogP contribution in [0.15, 0.2) is 103 Å². The van der Waals surface area contributed by atoms with E-state index in [2.05, 4.69) is 23.2 Å². The van der Waals surface area contributed by atoms with Gasteiger partial charge >= 0.3 is 5.97 Å². The Morgan fingerprint density at radius 2 is 1.54 bits per heavy atom. The molecule has 0 saturated carbocycles. The zero-order chi connectivity index (χ0) is 35.6. The summed E-state index contributed by atoms with van der Waals surface area (Å²) in [5.74, 6) is -1.10. The molecule has 1 heterocycles. The van der Waals surface area contributed by atoms with Gasteiger partial charge in [0.25, 0.3) is 0 Å². The molecule has 50 heavy (non-hydrogen) atoms. The van der Waals surface area contributed by atoms with Crippen LogP contribution < -0.4 is 5.32 Å². The molecule has 4 N–H and O–H groups in total. The topological polar surface area (TPSA) is 129 Å². The molecule has 4 aromatic rings. The quantitative estimate of drug-likeness (QED) is 0.111. The van der Waals surface area contributed by atoms with Crippen molar-refractivity contribution in [2.45, 2.75) is 76.9 Å². The standard InChI is InChI=1S/C41H48N2O7/c1-27-36(25-43(3)28(2)39(48)31-11-5-4-6-12-31)49-41(50-40(27)32-20-18-29(26-44)19-21-32)35-15-8-14-34(23-35)33-13-7-10-30(22-33)24-42-37(45)16-9-17-38(46)47/h4-8,10-15,18-23,27-28,36,39-41,44,48H,9,16-17,24-26H2,1-3H3,(H,42,45)(H,46,47)/t27-,28+,36+,39+,40+,41+/m0/s1. The Bertz CT molecular complexity index is 1700. The van der Waals surface area contributed by atoms with Crippen molar-refractivity contribution in [3.8, 4) is 11.1 Å². The Labute approximate surface area is 294 Å². The Morgan fingerprint density at radius 3 is 2.24 bits per heavy atom. The molecule has 0 radical (unpaired) electrons. The van der Waals surface area contributed by atoms with Gasteiger partial charge in [-0.3, -0.25) is 14.5 Å². The van der Waals surface area contributed by atoms with Crippen LogP contribution in [0, 0.1) is 5.92 Å². The molecule has 0 aliphatic carbocycles. The van der Waals surface area contributed by atoms with Crippen LogP contribution in [0.2, 0.25) is 0 Å². The van der Waals surface area contributed by atoms with Gasteiger partial charge < -0.3 is 30.1 Å². The van der Waals surface area contributed by atoms with Gasteiger partial charge in [0.15, 0.2) is 6.29 Å². The van der Waals surface area contributed by atoms with Crippen molar-refractivity contribution in [1.29, 1.82) is 0 Å². The molecule has 4 aromatic carbocycles. The van der Waals surface area contributed by atoms with Crippen molar-refractivity contribution in [1.82, 2.24) is 10.2 Å². The Hall–Kier alpha value is -4.38. The lowest BCUT2D eigenvalue weighted by Crippen LogP contribution is -2.46. The van der Waals surface area contributed by atoms with Gasteiger partial charge in [-0.05, 0) is 65.9 Å². The third-order valence-corrected chi connectivity index (χ3v) is 9.59. The number of rotatable bonds is 15. The maximum absolute atomic E-state index is 12.2. The number of nitrogens with one attached hydrogen (secondary N) is 1. The van der Waals surface area contributed by atoms with Crippen LogP contribution in [0.25, 0.3) is 11.1 Å². The third kappa shape index (κ3) is 9.65. The molecular weight excluding hydrogens is 632 g/mol. The summed E-state index contributed by atoms with van der Waals surface area (Å²) in [5, 5.41) is 32.5. The predicted molar refractivity (Wildman–Crippen MR) is 192 cm³/mol. The van der Waals surface area contributed by atoms with Crippen LogP contribution in [-0.4, -0.2) is 57.8 Å². The molecule has 1 fully saturated rings. The molecule has 0 bridgehead atoms. The van der Waals surface area contributed by atoms with E-state index in [1.165, 1.54) is 0 Å². The summed E-state index contributed by atoms with van der Waals surface area (Å²) in [5.41, 5.74) is 6.45.